The van der Waals surface area contributed by atoms with Gasteiger partial charge in [-0.1, -0.05) is 20.8 Å². The third-order valence-corrected chi connectivity index (χ3v) is 5.10. The second kappa shape index (κ2) is 5.77. The third kappa shape index (κ3) is 3.27. The lowest BCUT2D eigenvalue weighted by atomic mass is 9.80. The molecule has 2 N–H and O–H groups in total. The van der Waals surface area contributed by atoms with Crippen LogP contribution in [0.15, 0.2) is 0 Å². The topological polar surface area (TPSA) is 51.4 Å². The lowest BCUT2D eigenvalue weighted by Crippen LogP contribution is -2.25. The van der Waals surface area contributed by atoms with Gasteiger partial charge in [0.2, 0.25) is 0 Å². The molecule has 0 aromatic carbocycles. The lowest BCUT2D eigenvalue weighted by molar-refractivity contribution is 0.181. The Morgan fingerprint density at radius 1 is 1.47 bits per heavy atom. The lowest BCUT2D eigenvalue weighted by Gasteiger charge is -2.26. The SMILES string of the molecule is COCc1nc(N2CCC(C(C)(C)C)C2)sc1CN. The number of ether oxygens (including phenoxy) is 1. The van der Waals surface area contributed by atoms with E-state index in [1.54, 1.807) is 18.4 Å². The molecule has 1 aliphatic rings. The van der Waals surface area contributed by atoms with Gasteiger partial charge in [-0.2, -0.15) is 0 Å². The summed E-state index contributed by atoms with van der Waals surface area (Å²) < 4.78 is 5.19. The first-order valence-corrected chi connectivity index (χ1v) is 7.70. The van der Waals surface area contributed by atoms with E-state index in [-0.39, 0.29) is 0 Å². The van der Waals surface area contributed by atoms with E-state index in [1.807, 2.05) is 0 Å². The fraction of sp³-hybridized carbons (Fsp3) is 0.786. The first-order chi connectivity index (χ1) is 8.95. The van der Waals surface area contributed by atoms with Crippen LogP contribution in [0.5, 0.6) is 0 Å². The molecule has 0 saturated carbocycles. The van der Waals surface area contributed by atoms with Crippen LogP contribution in [0.3, 0.4) is 0 Å². The van der Waals surface area contributed by atoms with Gasteiger partial charge in [-0.15, -0.1) is 11.3 Å². The van der Waals surface area contributed by atoms with E-state index < -0.39 is 0 Å². The van der Waals surface area contributed by atoms with Crippen LogP contribution in [0.25, 0.3) is 0 Å². The molecule has 0 bridgehead atoms. The second-order valence-corrected chi connectivity index (χ2v) is 7.36. The van der Waals surface area contributed by atoms with Gasteiger partial charge in [0.25, 0.3) is 0 Å². The van der Waals surface area contributed by atoms with Crippen LogP contribution >= 0.6 is 11.3 Å². The summed E-state index contributed by atoms with van der Waals surface area (Å²) in [5.41, 5.74) is 7.16. The summed E-state index contributed by atoms with van der Waals surface area (Å²) in [6, 6.07) is 0. The zero-order valence-electron chi connectivity index (χ0n) is 12.4. The standard InChI is InChI=1S/C14H25N3OS/c1-14(2,3)10-5-6-17(8-10)13-16-11(9-18-4)12(7-15)19-13/h10H,5-9,15H2,1-4H3. The minimum Gasteiger partial charge on any atom is -0.378 e. The van der Waals surface area contributed by atoms with Gasteiger partial charge in [-0.3, -0.25) is 0 Å². The van der Waals surface area contributed by atoms with Gasteiger partial charge in [-0.05, 0) is 17.8 Å². The zero-order chi connectivity index (χ0) is 14.0. The number of hydrogen-bond donors (Lipinski definition) is 1. The van der Waals surface area contributed by atoms with Gasteiger partial charge in [0.15, 0.2) is 5.13 Å². The molecule has 1 aromatic heterocycles. The average Bonchev–Trinajstić information content (AvgIpc) is 2.93. The highest BCUT2D eigenvalue weighted by atomic mass is 32.1. The van der Waals surface area contributed by atoms with E-state index in [0.29, 0.717) is 18.6 Å². The third-order valence-electron chi connectivity index (χ3n) is 3.92. The molecule has 19 heavy (non-hydrogen) atoms. The number of nitrogens with two attached hydrogens (primary N) is 1. The fourth-order valence-electron chi connectivity index (χ4n) is 2.55. The molecule has 0 aliphatic carbocycles. The molecule has 0 amide bonds. The first kappa shape index (κ1) is 14.8. The Labute approximate surface area is 120 Å². The Morgan fingerprint density at radius 3 is 2.74 bits per heavy atom. The minimum absolute atomic E-state index is 0.373. The van der Waals surface area contributed by atoms with Gasteiger partial charge in [0.05, 0.1) is 12.3 Å². The average molecular weight is 283 g/mol. The van der Waals surface area contributed by atoms with Crippen molar-refractivity contribution in [1.29, 1.82) is 0 Å². The van der Waals surface area contributed by atoms with Gasteiger partial charge < -0.3 is 15.4 Å². The monoisotopic (exact) mass is 283 g/mol. The van der Waals surface area contributed by atoms with Crippen molar-refractivity contribution in [2.75, 3.05) is 25.1 Å². The molecule has 1 atom stereocenters. The Bertz CT molecular complexity index is 425. The smallest absolute Gasteiger partial charge is 0.185 e. The molecule has 1 saturated heterocycles. The van der Waals surface area contributed by atoms with Crippen molar-refractivity contribution in [2.45, 2.75) is 40.3 Å². The van der Waals surface area contributed by atoms with Crippen molar-refractivity contribution in [1.82, 2.24) is 4.98 Å². The molecular weight excluding hydrogens is 258 g/mol. The molecule has 1 aromatic rings. The summed E-state index contributed by atoms with van der Waals surface area (Å²) in [4.78, 5) is 8.26. The van der Waals surface area contributed by atoms with Crippen LogP contribution in [0.2, 0.25) is 0 Å². The minimum atomic E-state index is 0.373. The van der Waals surface area contributed by atoms with Crippen LogP contribution in [-0.2, 0) is 17.9 Å². The number of nitrogens with zero attached hydrogens (tertiary/aromatic N) is 2. The molecule has 2 heterocycles. The molecule has 2 rings (SSSR count). The Morgan fingerprint density at radius 2 is 2.21 bits per heavy atom. The van der Waals surface area contributed by atoms with Crippen molar-refractivity contribution in [3.8, 4) is 0 Å². The summed E-state index contributed by atoms with van der Waals surface area (Å²) in [5, 5.41) is 1.11. The Hall–Kier alpha value is -0.650. The summed E-state index contributed by atoms with van der Waals surface area (Å²) in [6.45, 7) is 10.3. The second-order valence-electron chi connectivity index (χ2n) is 6.30. The molecule has 1 unspecified atom stereocenters. The number of hydrogen-bond acceptors (Lipinski definition) is 5. The van der Waals surface area contributed by atoms with E-state index >= 15 is 0 Å². The van der Waals surface area contributed by atoms with Crippen molar-refractivity contribution in [2.24, 2.45) is 17.1 Å². The highest BCUT2D eigenvalue weighted by Gasteiger charge is 2.33. The van der Waals surface area contributed by atoms with Crippen LogP contribution in [0.1, 0.15) is 37.8 Å². The summed E-state index contributed by atoms with van der Waals surface area (Å²) >= 11 is 1.72. The highest BCUT2D eigenvalue weighted by molar-refractivity contribution is 7.15. The molecule has 5 heteroatoms. The molecule has 1 aliphatic heterocycles. The van der Waals surface area contributed by atoms with E-state index in [4.69, 9.17) is 15.5 Å². The summed E-state index contributed by atoms with van der Waals surface area (Å²) in [7, 11) is 1.70. The zero-order valence-corrected chi connectivity index (χ0v) is 13.2. The van der Waals surface area contributed by atoms with Crippen molar-refractivity contribution in [3.05, 3.63) is 10.6 Å². The van der Waals surface area contributed by atoms with E-state index in [1.165, 1.54) is 6.42 Å². The van der Waals surface area contributed by atoms with Crippen LogP contribution < -0.4 is 10.6 Å². The number of rotatable bonds is 4. The Balaban J connectivity index is 2.11. The van der Waals surface area contributed by atoms with Gasteiger partial charge in [0.1, 0.15) is 0 Å². The van der Waals surface area contributed by atoms with E-state index in [0.717, 1.165) is 34.7 Å². The summed E-state index contributed by atoms with van der Waals surface area (Å²) in [5.74, 6) is 0.739. The largest absolute Gasteiger partial charge is 0.378 e. The van der Waals surface area contributed by atoms with Crippen molar-refractivity contribution in [3.63, 3.8) is 0 Å². The normalized spacial score (nSPS) is 20.3. The first-order valence-electron chi connectivity index (χ1n) is 6.88. The van der Waals surface area contributed by atoms with Crippen LogP contribution in [0, 0.1) is 11.3 Å². The highest BCUT2D eigenvalue weighted by Crippen LogP contribution is 2.37. The number of anilines is 1. The molecular formula is C14H25N3OS. The van der Waals surface area contributed by atoms with E-state index in [9.17, 15) is 0 Å². The van der Waals surface area contributed by atoms with Gasteiger partial charge in [0, 0.05) is 31.6 Å². The maximum atomic E-state index is 5.79. The molecule has 0 radical (unpaired) electrons. The molecule has 0 spiro atoms. The number of thiazole rings is 1. The van der Waals surface area contributed by atoms with Crippen LogP contribution in [-0.4, -0.2) is 25.2 Å². The van der Waals surface area contributed by atoms with E-state index in [2.05, 4.69) is 25.7 Å². The quantitative estimate of drug-likeness (QED) is 0.923. The van der Waals surface area contributed by atoms with Crippen molar-refractivity contribution < 1.29 is 4.74 Å². The predicted molar refractivity (Wildman–Crippen MR) is 80.5 cm³/mol. The van der Waals surface area contributed by atoms with Gasteiger partial charge in [-0.25, -0.2) is 4.98 Å². The number of methoxy groups -OCH3 is 1. The maximum absolute atomic E-state index is 5.79. The molecule has 108 valence electrons. The van der Waals surface area contributed by atoms with Gasteiger partial charge >= 0.3 is 0 Å². The van der Waals surface area contributed by atoms with Crippen LogP contribution in [0.4, 0.5) is 5.13 Å². The molecule has 4 nitrogen and oxygen atoms in total. The fourth-order valence-corrected chi connectivity index (χ4v) is 3.53. The van der Waals surface area contributed by atoms with Crippen molar-refractivity contribution >= 4 is 16.5 Å². The number of aromatic nitrogens is 1. The predicted octanol–water partition coefficient (Wildman–Crippen LogP) is 2.62. The Kier molecular flexibility index (Phi) is 4.48. The molecule has 1 fully saturated rings. The summed E-state index contributed by atoms with van der Waals surface area (Å²) in [6.07, 6.45) is 1.25. The maximum Gasteiger partial charge on any atom is 0.185 e.